The van der Waals surface area contributed by atoms with Crippen molar-refractivity contribution >= 4 is 12.0 Å². The number of alkyl carbamates (subject to hydrolysis) is 1. The van der Waals surface area contributed by atoms with E-state index in [0.717, 1.165) is 11.8 Å². The minimum atomic E-state index is -0.962. The van der Waals surface area contributed by atoms with Gasteiger partial charge in [-0.2, -0.15) is 0 Å². The standard InChI is InChI=1S/C15H16N4O5/c1-2-24-15(23)18-13(21)11-9-19(14(22)17-12(11)20)8-5-10-3-6-16-7-4-10/h3-4,6-7,9H,2,5,8H2,1H3,(H,17,20,22)(H,18,21,23). The van der Waals surface area contributed by atoms with Gasteiger partial charge in [0, 0.05) is 25.1 Å². The van der Waals surface area contributed by atoms with Gasteiger partial charge >= 0.3 is 11.8 Å². The van der Waals surface area contributed by atoms with Crippen molar-refractivity contribution < 1.29 is 14.3 Å². The number of aromatic amines is 1. The van der Waals surface area contributed by atoms with Crippen LogP contribution in [0.4, 0.5) is 4.79 Å². The molecule has 0 unspecified atom stereocenters. The van der Waals surface area contributed by atoms with Gasteiger partial charge in [-0.3, -0.25) is 29.4 Å². The average Bonchev–Trinajstić information content (AvgIpc) is 2.55. The third-order valence-corrected chi connectivity index (χ3v) is 3.14. The summed E-state index contributed by atoms with van der Waals surface area (Å²) in [5, 5.41) is 1.91. The van der Waals surface area contributed by atoms with Gasteiger partial charge in [-0.05, 0) is 31.0 Å². The first-order valence-electron chi connectivity index (χ1n) is 7.22. The fourth-order valence-corrected chi connectivity index (χ4v) is 1.96. The highest BCUT2D eigenvalue weighted by molar-refractivity contribution is 6.02. The summed E-state index contributed by atoms with van der Waals surface area (Å²) in [5.74, 6) is -0.938. The number of H-pyrrole nitrogens is 1. The van der Waals surface area contributed by atoms with E-state index in [4.69, 9.17) is 0 Å². The van der Waals surface area contributed by atoms with E-state index in [9.17, 15) is 19.2 Å². The number of rotatable bonds is 5. The van der Waals surface area contributed by atoms with E-state index in [-0.39, 0.29) is 18.7 Å². The maximum Gasteiger partial charge on any atom is 0.414 e. The SMILES string of the molecule is CCOC(=O)NC(=O)c1cn(CCc2ccncc2)c(=O)[nH]c1=O. The summed E-state index contributed by atoms with van der Waals surface area (Å²) in [5.41, 5.74) is -0.915. The predicted octanol–water partition coefficient (Wildman–Crippen LogP) is 0.0606. The van der Waals surface area contributed by atoms with Crippen molar-refractivity contribution in [3.8, 4) is 0 Å². The minimum Gasteiger partial charge on any atom is -0.450 e. The van der Waals surface area contributed by atoms with Gasteiger partial charge in [0.1, 0.15) is 5.56 Å². The lowest BCUT2D eigenvalue weighted by atomic mass is 10.2. The van der Waals surface area contributed by atoms with Crippen molar-refractivity contribution in [1.29, 1.82) is 0 Å². The lowest BCUT2D eigenvalue weighted by Crippen LogP contribution is -2.39. The normalized spacial score (nSPS) is 10.2. The second-order valence-electron chi connectivity index (χ2n) is 4.78. The molecule has 0 aromatic carbocycles. The molecule has 2 heterocycles. The Morgan fingerprint density at radius 2 is 2.00 bits per heavy atom. The molecule has 2 aromatic heterocycles. The van der Waals surface area contributed by atoms with Crippen LogP contribution < -0.4 is 16.6 Å². The van der Waals surface area contributed by atoms with Crippen molar-refractivity contribution in [1.82, 2.24) is 19.9 Å². The molecule has 2 rings (SSSR count). The summed E-state index contributed by atoms with van der Waals surface area (Å²) in [4.78, 5) is 52.7. The molecular weight excluding hydrogens is 316 g/mol. The van der Waals surface area contributed by atoms with E-state index >= 15 is 0 Å². The van der Waals surface area contributed by atoms with Crippen LogP contribution in [0, 0.1) is 0 Å². The van der Waals surface area contributed by atoms with Gasteiger partial charge in [-0.1, -0.05) is 0 Å². The Labute approximate surface area is 136 Å². The van der Waals surface area contributed by atoms with Gasteiger partial charge in [0.25, 0.3) is 11.5 Å². The number of aryl methyl sites for hydroxylation is 2. The molecule has 0 aliphatic carbocycles. The smallest absolute Gasteiger partial charge is 0.414 e. The van der Waals surface area contributed by atoms with Gasteiger partial charge in [0.2, 0.25) is 0 Å². The lowest BCUT2D eigenvalue weighted by Gasteiger charge is -2.08. The zero-order valence-corrected chi connectivity index (χ0v) is 12.9. The largest absolute Gasteiger partial charge is 0.450 e. The highest BCUT2D eigenvalue weighted by Crippen LogP contribution is 1.99. The predicted molar refractivity (Wildman–Crippen MR) is 83.8 cm³/mol. The number of nitrogens with zero attached hydrogens (tertiary/aromatic N) is 2. The van der Waals surface area contributed by atoms with Crippen molar-refractivity contribution in [2.24, 2.45) is 0 Å². The fourth-order valence-electron chi connectivity index (χ4n) is 1.96. The van der Waals surface area contributed by atoms with Gasteiger partial charge in [0.15, 0.2) is 0 Å². The fraction of sp³-hybridized carbons (Fsp3) is 0.267. The number of hydrogen-bond acceptors (Lipinski definition) is 6. The van der Waals surface area contributed by atoms with Crippen LogP contribution in [0.25, 0.3) is 0 Å². The van der Waals surface area contributed by atoms with Crippen LogP contribution in [-0.4, -0.2) is 33.1 Å². The summed E-state index contributed by atoms with van der Waals surface area (Å²) in [6.07, 6.45) is 3.92. The lowest BCUT2D eigenvalue weighted by molar-refractivity contribution is 0.0922. The highest BCUT2D eigenvalue weighted by atomic mass is 16.5. The van der Waals surface area contributed by atoms with Crippen molar-refractivity contribution in [2.75, 3.05) is 6.61 Å². The van der Waals surface area contributed by atoms with Gasteiger partial charge in [0.05, 0.1) is 6.61 Å². The van der Waals surface area contributed by atoms with E-state index < -0.39 is 23.2 Å². The summed E-state index contributed by atoms with van der Waals surface area (Å²) in [6.45, 7) is 1.91. The zero-order valence-electron chi connectivity index (χ0n) is 12.9. The van der Waals surface area contributed by atoms with E-state index in [2.05, 4.69) is 14.7 Å². The van der Waals surface area contributed by atoms with Gasteiger partial charge < -0.3 is 4.74 Å². The molecule has 2 N–H and O–H groups in total. The quantitative estimate of drug-likeness (QED) is 0.798. The van der Waals surface area contributed by atoms with Crippen LogP contribution in [0.1, 0.15) is 22.8 Å². The molecule has 0 fully saturated rings. The van der Waals surface area contributed by atoms with Gasteiger partial charge in [-0.25, -0.2) is 9.59 Å². The number of amides is 2. The number of hydrogen-bond donors (Lipinski definition) is 2. The Bertz CT molecular complexity index is 841. The number of nitrogens with one attached hydrogen (secondary N) is 2. The summed E-state index contributed by atoms with van der Waals surface area (Å²) in [6, 6.07) is 3.59. The summed E-state index contributed by atoms with van der Waals surface area (Å²) in [7, 11) is 0. The van der Waals surface area contributed by atoms with Crippen molar-refractivity contribution in [3.63, 3.8) is 0 Å². The van der Waals surface area contributed by atoms with Crippen LogP contribution >= 0.6 is 0 Å². The first kappa shape index (κ1) is 17.1. The molecule has 0 saturated heterocycles. The molecule has 0 spiro atoms. The number of ether oxygens (including phenoxy) is 1. The Morgan fingerprint density at radius 3 is 2.67 bits per heavy atom. The van der Waals surface area contributed by atoms with Crippen LogP contribution in [0.5, 0.6) is 0 Å². The number of aromatic nitrogens is 3. The zero-order chi connectivity index (χ0) is 17.5. The maximum atomic E-state index is 11.9. The second-order valence-corrected chi connectivity index (χ2v) is 4.78. The Kier molecular flexibility index (Phi) is 5.61. The van der Waals surface area contributed by atoms with Crippen LogP contribution in [0.2, 0.25) is 0 Å². The molecule has 2 amide bonds. The highest BCUT2D eigenvalue weighted by Gasteiger charge is 2.16. The van der Waals surface area contributed by atoms with Crippen molar-refractivity contribution in [2.45, 2.75) is 19.9 Å². The Morgan fingerprint density at radius 1 is 1.29 bits per heavy atom. The Balaban J connectivity index is 2.18. The van der Waals surface area contributed by atoms with E-state index in [0.29, 0.717) is 6.42 Å². The first-order valence-corrected chi connectivity index (χ1v) is 7.22. The molecule has 0 atom stereocenters. The molecule has 0 saturated carbocycles. The molecule has 0 aliphatic heterocycles. The molecule has 9 heteroatoms. The molecule has 2 aromatic rings. The molecule has 0 aliphatic rings. The number of imide groups is 1. The summed E-state index contributed by atoms with van der Waals surface area (Å²) < 4.78 is 5.77. The molecule has 0 radical (unpaired) electrons. The molecule has 0 bridgehead atoms. The van der Waals surface area contributed by atoms with Gasteiger partial charge in [-0.15, -0.1) is 0 Å². The molecule has 24 heavy (non-hydrogen) atoms. The average molecular weight is 332 g/mol. The Hall–Kier alpha value is -3.23. The van der Waals surface area contributed by atoms with Crippen molar-refractivity contribution in [3.05, 3.63) is 62.7 Å². The van der Waals surface area contributed by atoms with E-state index in [1.165, 1.54) is 4.57 Å². The van der Waals surface area contributed by atoms with Crippen LogP contribution in [0.3, 0.4) is 0 Å². The molecule has 9 nitrogen and oxygen atoms in total. The van der Waals surface area contributed by atoms with Crippen LogP contribution in [-0.2, 0) is 17.7 Å². The first-order chi connectivity index (χ1) is 11.5. The molecular formula is C15H16N4O5. The number of carbonyl (C=O) groups excluding carboxylic acids is 2. The monoisotopic (exact) mass is 332 g/mol. The third kappa shape index (κ3) is 4.38. The number of carbonyl (C=O) groups is 2. The van der Waals surface area contributed by atoms with E-state index in [1.54, 1.807) is 31.5 Å². The minimum absolute atomic E-state index is 0.0842. The second kappa shape index (κ2) is 7.86. The number of pyridine rings is 1. The maximum absolute atomic E-state index is 11.9. The third-order valence-electron chi connectivity index (χ3n) is 3.14. The van der Waals surface area contributed by atoms with Crippen LogP contribution in [0.15, 0.2) is 40.3 Å². The summed E-state index contributed by atoms with van der Waals surface area (Å²) >= 11 is 0. The van der Waals surface area contributed by atoms with E-state index in [1.807, 2.05) is 5.32 Å². The molecule has 126 valence electrons. The topological polar surface area (TPSA) is 123 Å².